The minimum atomic E-state index is -0.402. The van der Waals surface area contributed by atoms with Crippen molar-refractivity contribution in [2.24, 2.45) is 0 Å². The van der Waals surface area contributed by atoms with E-state index in [-0.39, 0.29) is 5.41 Å². The fraction of sp³-hybridized carbons (Fsp3) is 0.0800. The maximum atomic E-state index is 2.51. The van der Waals surface area contributed by atoms with Gasteiger partial charge in [0.15, 0.2) is 0 Å². The number of hydrogen-bond acceptors (Lipinski definition) is 1. The van der Waals surface area contributed by atoms with Gasteiger partial charge >= 0.3 is 0 Å². The van der Waals surface area contributed by atoms with Crippen LogP contribution in [0.1, 0.15) is 47.2 Å². The maximum absolute atomic E-state index is 2.51. The van der Waals surface area contributed by atoms with E-state index in [4.69, 9.17) is 0 Å². The number of fused-ring (bicyclic) bond motifs is 14. The second-order valence-corrected chi connectivity index (χ2v) is 14.9. The molecule has 8 aromatic carbocycles. The number of benzene rings is 8. The summed E-state index contributed by atoms with van der Waals surface area (Å²) in [5.74, 6) is 0. The predicted octanol–water partition coefficient (Wildman–Crippen LogP) is 13.0. The van der Waals surface area contributed by atoms with E-state index in [0.29, 0.717) is 0 Å². The molecular weight excluding hydrogens is 615 g/mol. The third kappa shape index (κ3) is 3.65. The van der Waals surface area contributed by atoms with Crippen molar-refractivity contribution >= 4 is 27.8 Å². The van der Waals surface area contributed by atoms with E-state index in [1.54, 1.807) is 0 Å². The van der Waals surface area contributed by atoms with Crippen molar-refractivity contribution in [1.29, 1.82) is 0 Å². The Labute approximate surface area is 299 Å². The molecule has 3 aliphatic rings. The van der Waals surface area contributed by atoms with Gasteiger partial charge in [0.05, 0.1) is 11.1 Å². The maximum Gasteiger partial charge on any atom is 0.0726 e. The van der Waals surface area contributed by atoms with Crippen LogP contribution in [0.15, 0.2) is 176 Å². The lowest BCUT2D eigenvalue weighted by Crippen LogP contribution is -2.26. The van der Waals surface area contributed by atoms with Crippen molar-refractivity contribution < 1.29 is 0 Å². The molecule has 0 bridgehead atoms. The summed E-state index contributed by atoms with van der Waals surface area (Å²) in [6.45, 7) is 4.74. The van der Waals surface area contributed by atoms with Gasteiger partial charge in [-0.15, -0.1) is 0 Å². The molecular formula is C50H35N. The molecule has 11 rings (SSSR count). The van der Waals surface area contributed by atoms with Crippen LogP contribution in [0, 0.1) is 0 Å². The van der Waals surface area contributed by atoms with Crippen molar-refractivity contribution in [2.45, 2.75) is 24.7 Å². The first-order valence-corrected chi connectivity index (χ1v) is 18.0. The van der Waals surface area contributed by atoms with Crippen molar-refractivity contribution in [3.05, 3.63) is 209 Å². The van der Waals surface area contributed by atoms with Crippen LogP contribution in [0.25, 0.3) is 44.2 Å². The van der Waals surface area contributed by atoms with Gasteiger partial charge in [0.1, 0.15) is 0 Å². The lowest BCUT2D eigenvalue weighted by Gasteiger charge is -2.33. The summed E-state index contributed by atoms with van der Waals surface area (Å²) in [6, 6.07) is 66.0. The highest BCUT2D eigenvalue weighted by Crippen LogP contribution is 2.63. The first-order chi connectivity index (χ1) is 25.1. The van der Waals surface area contributed by atoms with E-state index in [0.717, 1.165) is 5.69 Å². The smallest absolute Gasteiger partial charge is 0.0726 e. The SMILES string of the molecule is CC1(C)c2ccccc2-c2ccc(N(c3ccc4c(c3)C3(c5ccccc5-c5ccccc53)c3ccccc3-4)c3cccc4ccccc34)cc21. The minimum absolute atomic E-state index is 0.104. The molecule has 1 spiro atoms. The van der Waals surface area contributed by atoms with E-state index >= 15 is 0 Å². The summed E-state index contributed by atoms with van der Waals surface area (Å²) in [5.41, 5.74) is 19.2. The van der Waals surface area contributed by atoms with E-state index in [9.17, 15) is 0 Å². The molecule has 0 unspecified atom stereocenters. The van der Waals surface area contributed by atoms with E-state index in [2.05, 4.69) is 195 Å². The summed E-state index contributed by atoms with van der Waals surface area (Å²) in [7, 11) is 0. The molecule has 3 aliphatic carbocycles. The van der Waals surface area contributed by atoms with Gasteiger partial charge in [0.25, 0.3) is 0 Å². The molecule has 0 amide bonds. The highest BCUT2D eigenvalue weighted by atomic mass is 15.1. The lowest BCUT2D eigenvalue weighted by molar-refractivity contribution is 0.660. The highest BCUT2D eigenvalue weighted by Gasteiger charge is 2.51. The molecule has 8 aromatic rings. The highest BCUT2D eigenvalue weighted by molar-refractivity contribution is 6.01. The first kappa shape index (κ1) is 28.6. The summed E-state index contributed by atoms with van der Waals surface area (Å²) < 4.78 is 0. The quantitative estimate of drug-likeness (QED) is 0.184. The minimum Gasteiger partial charge on any atom is -0.310 e. The molecule has 1 nitrogen and oxygen atoms in total. The Bertz CT molecular complexity index is 2680. The molecule has 0 saturated heterocycles. The van der Waals surface area contributed by atoms with Crippen molar-refractivity contribution in [1.82, 2.24) is 0 Å². The summed E-state index contributed by atoms with van der Waals surface area (Å²) in [6.07, 6.45) is 0. The van der Waals surface area contributed by atoms with Gasteiger partial charge in [-0.05, 0) is 102 Å². The zero-order valence-electron chi connectivity index (χ0n) is 28.7. The Balaban J connectivity index is 1.20. The number of hydrogen-bond donors (Lipinski definition) is 0. The van der Waals surface area contributed by atoms with Gasteiger partial charge < -0.3 is 4.90 Å². The van der Waals surface area contributed by atoms with Crippen LogP contribution in [-0.2, 0) is 10.8 Å². The van der Waals surface area contributed by atoms with Gasteiger partial charge in [-0.2, -0.15) is 0 Å². The third-order valence-corrected chi connectivity index (χ3v) is 12.1. The van der Waals surface area contributed by atoms with Crippen molar-refractivity contribution in [3.63, 3.8) is 0 Å². The molecule has 0 fully saturated rings. The summed E-state index contributed by atoms with van der Waals surface area (Å²) in [4.78, 5) is 2.51. The van der Waals surface area contributed by atoms with Crippen LogP contribution >= 0.6 is 0 Å². The van der Waals surface area contributed by atoms with E-state index in [1.807, 2.05) is 0 Å². The standard InChI is InChI=1S/C50H35N/c1-49(2)42-21-9-5-17-36(42)40-28-26-33(30-46(40)49)51(48-25-13-15-32-14-3-4-16-35(32)48)34-27-29-41-39-20-8-12-24-45(39)50(47(41)31-34)43-22-10-6-18-37(43)38-19-7-11-23-44(38)50/h3-31H,1-2H3. The van der Waals surface area contributed by atoms with Crippen LogP contribution < -0.4 is 4.90 Å². The first-order valence-electron chi connectivity index (χ1n) is 18.0. The zero-order chi connectivity index (χ0) is 33.9. The van der Waals surface area contributed by atoms with Crippen LogP contribution in [0.2, 0.25) is 0 Å². The summed E-state index contributed by atoms with van der Waals surface area (Å²) >= 11 is 0. The Morgan fingerprint density at radius 3 is 1.39 bits per heavy atom. The molecule has 51 heavy (non-hydrogen) atoms. The Kier molecular flexibility index (Phi) is 5.72. The van der Waals surface area contributed by atoms with Gasteiger partial charge in [0.2, 0.25) is 0 Å². The average molecular weight is 650 g/mol. The van der Waals surface area contributed by atoms with Crippen molar-refractivity contribution in [3.8, 4) is 33.4 Å². The number of anilines is 3. The molecule has 1 heteroatoms. The number of nitrogens with zero attached hydrogens (tertiary/aromatic N) is 1. The van der Waals surface area contributed by atoms with Crippen molar-refractivity contribution in [2.75, 3.05) is 4.90 Å². The van der Waals surface area contributed by atoms with Crippen LogP contribution in [0.4, 0.5) is 17.1 Å². The van der Waals surface area contributed by atoms with Crippen LogP contribution in [0.3, 0.4) is 0 Å². The molecule has 0 N–H and O–H groups in total. The Morgan fingerprint density at radius 2 is 0.784 bits per heavy atom. The fourth-order valence-electron chi connectivity index (χ4n) is 9.88. The van der Waals surface area contributed by atoms with Crippen LogP contribution in [-0.4, -0.2) is 0 Å². The fourth-order valence-corrected chi connectivity index (χ4v) is 9.88. The molecule has 0 heterocycles. The molecule has 240 valence electrons. The molecule has 0 aromatic heterocycles. The van der Waals surface area contributed by atoms with Gasteiger partial charge in [-0.25, -0.2) is 0 Å². The Morgan fingerprint density at radius 1 is 0.353 bits per heavy atom. The monoisotopic (exact) mass is 649 g/mol. The number of rotatable bonds is 3. The second kappa shape index (κ2) is 10.2. The largest absolute Gasteiger partial charge is 0.310 e. The summed E-state index contributed by atoms with van der Waals surface area (Å²) in [5, 5.41) is 2.47. The lowest BCUT2D eigenvalue weighted by atomic mass is 9.70. The molecule has 0 aliphatic heterocycles. The van der Waals surface area contributed by atoms with E-state index in [1.165, 1.54) is 88.9 Å². The molecule has 0 radical (unpaired) electrons. The molecule has 0 atom stereocenters. The predicted molar refractivity (Wildman–Crippen MR) is 212 cm³/mol. The normalized spacial score (nSPS) is 14.8. The van der Waals surface area contributed by atoms with Gasteiger partial charge in [0, 0.05) is 22.2 Å². The average Bonchev–Trinajstić information content (AvgIpc) is 3.74. The molecule has 0 saturated carbocycles. The van der Waals surface area contributed by atoms with Gasteiger partial charge in [-0.3, -0.25) is 0 Å². The topological polar surface area (TPSA) is 3.24 Å². The van der Waals surface area contributed by atoms with Gasteiger partial charge in [-0.1, -0.05) is 159 Å². The van der Waals surface area contributed by atoms with Crippen LogP contribution in [0.5, 0.6) is 0 Å². The third-order valence-electron chi connectivity index (χ3n) is 12.1. The second-order valence-electron chi connectivity index (χ2n) is 14.9. The zero-order valence-corrected chi connectivity index (χ0v) is 28.7. The Hall–Kier alpha value is -6.18. The van der Waals surface area contributed by atoms with E-state index < -0.39 is 5.41 Å².